The number of rotatable bonds is 2. The molecule has 0 aromatic heterocycles. The highest BCUT2D eigenvalue weighted by molar-refractivity contribution is 8.13. The molecule has 0 saturated heterocycles. The summed E-state index contributed by atoms with van der Waals surface area (Å²) in [5.74, 6) is 1.09. The molecular formula is C7H13N3OS. The molecule has 0 saturated carbocycles. The van der Waals surface area contributed by atoms with E-state index in [4.69, 9.17) is 0 Å². The first-order chi connectivity index (χ1) is 5.83. The van der Waals surface area contributed by atoms with Crippen LogP contribution in [0.3, 0.4) is 0 Å². The molecule has 1 amide bonds. The van der Waals surface area contributed by atoms with E-state index in [1.165, 1.54) is 0 Å². The van der Waals surface area contributed by atoms with Gasteiger partial charge in [-0.2, -0.15) is 0 Å². The number of nitrogens with one attached hydrogen (secondary N) is 2. The molecule has 0 fully saturated rings. The molecule has 68 valence electrons. The number of amidine groups is 1. The van der Waals surface area contributed by atoms with Crippen molar-refractivity contribution >= 4 is 22.8 Å². The third-order valence-corrected chi connectivity index (χ3v) is 2.52. The molecule has 0 atom stereocenters. The molecule has 1 rings (SSSR count). The molecule has 0 aromatic carbocycles. The summed E-state index contributed by atoms with van der Waals surface area (Å²) >= 11 is 1.67. The minimum absolute atomic E-state index is 0.0103. The second-order valence-electron chi connectivity index (χ2n) is 2.42. The number of thioether (sulfide) groups is 1. The van der Waals surface area contributed by atoms with Crippen molar-refractivity contribution in [1.29, 1.82) is 0 Å². The van der Waals surface area contributed by atoms with Crippen LogP contribution >= 0.6 is 11.8 Å². The van der Waals surface area contributed by atoms with E-state index in [0.717, 1.165) is 23.9 Å². The Kier molecular flexibility index (Phi) is 3.93. The van der Waals surface area contributed by atoms with Crippen molar-refractivity contribution in [3.05, 3.63) is 0 Å². The molecular weight excluding hydrogens is 174 g/mol. The normalized spacial score (nSPS) is 16.6. The zero-order valence-corrected chi connectivity index (χ0v) is 7.91. The van der Waals surface area contributed by atoms with E-state index < -0.39 is 0 Å². The Balaban J connectivity index is 2.21. The van der Waals surface area contributed by atoms with Gasteiger partial charge in [0.05, 0.1) is 6.54 Å². The van der Waals surface area contributed by atoms with E-state index in [0.29, 0.717) is 6.54 Å². The second kappa shape index (κ2) is 5.03. The topological polar surface area (TPSA) is 53.5 Å². The molecule has 0 aromatic rings. The minimum atomic E-state index is -0.0103. The molecule has 12 heavy (non-hydrogen) atoms. The maximum absolute atomic E-state index is 10.8. The Morgan fingerprint density at radius 2 is 2.58 bits per heavy atom. The van der Waals surface area contributed by atoms with Gasteiger partial charge in [-0.15, -0.1) is 0 Å². The number of hydrogen-bond donors (Lipinski definition) is 2. The van der Waals surface area contributed by atoms with Crippen molar-refractivity contribution in [1.82, 2.24) is 10.6 Å². The molecule has 1 heterocycles. The van der Waals surface area contributed by atoms with E-state index in [9.17, 15) is 4.79 Å². The fraction of sp³-hybridized carbons (Fsp3) is 0.714. The molecule has 1 aliphatic rings. The largest absolute Gasteiger partial charge is 0.358 e. The molecule has 0 spiro atoms. The van der Waals surface area contributed by atoms with Crippen molar-refractivity contribution in [3.63, 3.8) is 0 Å². The van der Waals surface area contributed by atoms with Crippen molar-refractivity contribution < 1.29 is 4.79 Å². The first-order valence-electron chi connectivity index (χ1n) is 3.94. The quantitative estimate of drug-likeness (QED) is 0.630. The standard InChI is InChI=1S/C7H13N3OS/c1-8-6(11)5-10-7-9-3-2-4-12-7/h2-5H2,1H3,(H,8,11)(H,9,10). The Morgan fingerprint density at radius 1 is 1.75 bits per heavy atom. The lowest BCUT2D eigenvalue weighted by Gasteiger charge is -2.12. The summed E-state index contributed by atoms with van der Waals surface area (Å²) in [5.41, 5.74) is 0. The average molecular weight is 187 g/mol. The summed E-state index contributed by atoms with van der Waals surface area (Å²) in [5, 5.41) is 6.41. The minimum Gasteiger partial charge on any atom is -0.358 e. The van der Waals surface area contributed by atoms with Gasteiger partial charge < -0.3 is 10.6 Å². The van der Waals surface area contributed by atoms with Gasteiger partial charge in [0.25, 0.3) is 0 Å². The van der Waals surface area contributed by atoms with Gasteiger partial charge in [-0.25, -0.2) is 0 Å². The van der Waals surface area contributed by atoms with Gasteiger partial charge in [-0.1, -0.05) is 11.8 Å². The van der Waals surface area contributed by atoms with Crippen LogP contribution in [0.1, 0.15) is 6.42 Å². The zero-order valence-electron chi connectivity index (χ0n) is 7.09. The van der Waals surface area contributed by atoms with E-state index in [-0.39, 0.29) is 5.91 Å². The van der Waals surface area contributed by atoms with Crippen molar-refractivity contribution in [2.24, 2.45) is 4.99 Å². The zero-order chi connectivity index (χ0) is 8.81. The summed E-state index contributed by atoms with van der Waals surface area (Å²) in [7, 11) is 1.62. The number of carbonyl (C=O) groups is 1. The monoisotopic (exact) mass is 187 g/mol. The summed E-state index contributed by atoms with van der Waals surface area (Å²) in [6.45, 7) is 1.20. The number of nitrogens with zero attached hydrogens (tertiary/aromatic N) is 1. The van der Waals surface area contributed by atoms with Crippen LogP contribution in [0.5, 0.6) is 0 Å². The predicted molar refractivity (Wildman–Crippen MR) is 51.4 cm³/mol. The number of hydrogen-bond acceptors (Lipinski definition) is 4. The number of carbonyl (C=O) groups excluding carboxylic acids is 1. The van der Waals surface area contributed by atoms with Crippen molar-refractivity contribution in [2.45, 2.75) is 6.42 Å². The predicted octanol–water partition coefficient (Wildman–Crippen LogP) is -0.185. The molecule has 4 nitrogen and oxygen atoms in total. The lowest BCUT2D eigenvalue weighted by Crippen LogP contribution is -2.34. The van der Waals surface area contributed by atoms with Crippen LogP contribution in [0, 0.1) is 0 Å². The smallest absolute Gasteiger partial charge is 0.239 e. The number of amides is 1. The van der Waals surface area contributed by atoms with E-state index in [1.807, 2.05) is 0 Å². The highest BCUT2D eigenvalue weighted by atomic mass is 32.2. The van der Waals surface area contributed by atoms with E-state index in [2.05, 4.69) is 15.6 Å². The highest BCUT2D eigenvalue weighted by Gasteiger charge is 2.05. The van der Waals surface area contributed by atoms with Crippen LogP contribution < -0.4 is 10.6 Å². The fourth-order valence-corrected chi connectivity index (χ4v) is 1.63. The Bertz CT molecular complexity index is 193. The van der Waals surface area contributed by atoms with Gasteiger partial charge in [0.2, 0.25) is 5.91 Å². The van der Waals surface area contributed by atoms with Crippen LogP contribution in [0.4, 0.5) is 0 Å². The second-order valence-corrected chi connectivity index (χ2v) is 3.50. The fourth-order valence-electron chi connectivity index (χ4n) is 0.811. The molecule has 0 radical (unpaired) electrons. The molecule has 0 unspecified atom stereocenters. The van der Waals surface area contributed by atoms with Gasteiger partial charge in [-0.3, -0.25) is 9.79 Å². The summed E-state index contributed by atoms with van der Waals surface area (Å²) in [6.07, 6.45) is 1.13. The Labute approximate surface area is 76.2 Å². The van der Waals surface area contributed by atoms with Gasteiger partial charge in [-0.05, 0) is 6.42 Å². The van der Waals surface area contributed by atoms with Crippen LogP contribution in [-0.4, -0.2) is 37.0 Å². The van der Waals surface area contributed by atoms with Crippen LogP contribution in [0.25, 0.3) is 0 Å². The van der Waals surface area contributed by atoms with Crippen molar-refractivity contribution in [2.75, 3.05) is 25.9 Å². The Hall–Kier alpha value is -0.710. The van der Waals surface area contributed by atoms with Gasteiger partial charge >= 0.3 is 0 Å². The maximum Gasteiger partial charge on any atom is 0.239 e. The molecule has 2 N–H and O–H groups in total. The summed E-state index contributed by atoms with van der Waals surface area (Å²) in [6, 6.07) is 0. The molecule has 0 aliphatic carbocycles. The third kappa shape index (κ3) is 3.13. The lowest BCUT2D eigenvalue weighted by atomic mass is 10.5. The highest BCUT2D eigenvalue weighted by Crippen LogP contribution is 2.09. The third-order valence-electron chi connectivity index (χ3n) is 1.48. The first-order valence-corrected chi connectivity index (χ1v) is 4.93. The SMILES string of the molecule is CNC(=O)CNC1=NCCCS1. The molecule has 1 aliphatic heterocycles. The summed E-state index contributed by atoms with van der Waals surface area (Å²) < 4.78 is 0. The molecule has 0 bridgehead atoms. The van der Waals surface area contributed by atoms with Gasteiger partial charge in [0.1, 0.15) is 0 Å². The van der Waals surface area contributed by atoms with Gasteiger partial charge in [0, 0.05) is 19.3 Å². The number of aliphatic imine (C=N–C) groups is 1. The van der Waals surface area contributed by atoms with E-state index >= 15 is 0 Å². The van der Waals surface area contributed by atoms with Gasteiger partial charge in [0.15, 0.2) is 5.17 Å². The van der Waals surface area contributed by atoms with E-state index in [1.54, 1.807) is 18.8 Å². The van der Waals surface area contributed by atoms with Crippen LogP contribution in [0.2, 0.25) is 0 Å². The maximum atomic E-state index is 10.8. The average Bonchev–Trinajstić information content (AvgIpc) is 2.16. The Morgan fingerprint density at radius 3 is 3.17 bits per heavy atom. The first kappa shape index (κ1) is 9.38. The lowest BCUT2D eigenvalue weighted by molar-refractivity contribution is -0.119. The number of likely N-dealkylation sites (N-methyl/N-ethyl adjacent to an activating group) is 1. The van der Waals surface area contributed by atoms with Crippen molar-refractivity contribution in [3.8, 4) is 0 Å². The van der Waals surface area contributed by atoms with Crippen LogP contribution in [0.15, 0.2) is 4.99 Å². The van der Waals surface area contributed by atoms with Crippen LogP contribution in [-0.2, 0) is 4.79 Å². The molecule has 5 heteroatoms. The summed E-state index contributed by atoms with van der Waals surface area (Å²) in [4.78, 5) is 15.0.